The highest BCUT2D eigenvalue weighted by Gasteiger charge is 2.23. The topological polar surface area (TPSA) is 72.2 Å². The van der Waals surface area contributed by atoms with Crippen LogP contribution in [0.15, 0.2) is 29.2 Å². The third kappa shape index (κ3) is 3.81. The molecule has 0 aromatic heterocycles. The number of nitrogens with two attached hydrogens (primary N) is 1. The lowest BCUT2D eigenvalue weighted by Gasteiger charge is -2.28. The molecule has 1 saturated carbocycles. The maximum Gasteiger partial charge on any atom is 0.240 e. The normalized spacial score (nSPS) is 23.7. The van der Waals surface area contributed by atoms with Gasteiger partial charge in [0.2, 0.25) is 10.0 Å². The molecule has 1 aromatic rings. The molecule has 3 N–H and O–H groups in total. The second-order valence-electron chi connectivity index (χ2n) is 5.73. The monoisotopic (exact) mass is 296 g/mol. The summed E-state index contributed by atoms with van der Waals surface area (Å²) in [4.78, 5) is 0.309. The van der Waals surface area contributed by atoms with E-state index in [1.54, 1.807) is 18.2 Å². The summed E-state index contributed by atoms with van der Waals surface area (Å²) in [6.45, 7) is 3.10. The fraction of sp³-hybridized carbons (Fsp3) is 0.600. The average Bonchev–Trinajstić information content (AvgIpc) is 2.46. The summed E-state index contributed by atoms with van der Waals surface area (Å²) in [5.74, 6) is 1.05. The van der Waals surface area contributed by atoms with Crippen molar-refractivity contribution in [3.8, 4) is 0 Å². The van der Waals surface area contributed by atoms with Gasteiger partial charge in [0.15, 0.2) is 0 Å². The van der Waals surface area contributed by atoms with Crippen LogP contribution in [0.3, 0.4) is 0 Å². The second kappa shape index (κ2) is 6.70. The van der Waals surface area contributed by atoms with E-state index in [9.17, 15) is 8.42 Å². The van der Waals surface area contributed by atoms with Crippen molar-refractivity contribution in [3.05, 3.63) is 29.8 Å². The largest absolute Gasteiger partial charge is 0.326 e. The average molecular weight is 296 g/mol. The van der Waals surface area contributed by atoms with Crippen LogP contribution >= 0.6 is 0 Å². The van der Waals surface area contributed by atoms with Crippen molar-refractivity contribution in [2.75, 3.05) is 6.54 Å². The number of hydrogen-bond acceptors (Lipinski definition) is 3. The van der Waals surface area contributed by atoms with Crippen LogP contribution in [0.4, 0.5) is 0 Å². The zero-order valence-electron chi connectivity index (χ0n) is 12.0. The lowest BCUT2D eigenvalue weighted by Crippen LogP contribution is -2.33. The molecule has 20 heavy (non-hydrogen) atoms. The minimum atomic E-state index is -3.42. The highest BCUT2D eigenvalue weighted by molar-refractivity contribution is 7.89. The van der Waals surface area contributed by atoms with Gasteiger partial charge < -0.3 is 5.73 Å². The molecule has 2 unspecified atom stereocenters. The van der Waals surface area contributed by atoms with E-state index in [4.69, 9.17) is 5.73 Å². The number of hydrogen-bond donors (Lipinski definition) is 2. The molecule has 1 fully saturated rings. The summed E-state index contributed by atoms with van der Waals surface area (Å²) in [6.07, 6.45) is 4.80. The zero-order chi connectivity index (χ0) is 14.6. The Labute approximate surface area is 121 Å². The van der Waals surface area contributed by atoms with E-state index in [2.05, 4.69) is 11.6 Å². The predicted octanol–water partition coefficient (Wildman–Crippen LogP) is 2.25. The molecule has 0 radical (unpaired) electrons. The summed E-state index contributed by atoms with van der Waals surface area (Å²) in [6, 6.07) is 6.83. The number of nitrogens with one attached hydrogen (secondary N) is 1. The summed E-state index contributed by atoms with van der Waals surface area (Å²) in [5.41, 5.74) is 6.39. The van der Waals surface area contributed by atoms with Gasteiger partial charge in [-0.05, 0) is 36.0 Å². The Balaban J connectivity index is 2.03. The molecule has 1 aliphatic carbocycles. The number of sulfonamides is 1. The molecule has 2 atom stereocenters. The van der Waals surface area contributed by atoms with E-state index < -0.39 is 10.0 Å². The van der Waals surface area contributed by atoms with Gasteiger partial charge in [-0.1, -0.05) is 38.3 Å². The van der Waals surface area contributed by atoms with Gasteiger partial charge in [-0.15, -0.1) is 0 Å². The smallest absolute Gasteiger partial charge is 0.240 e. The quantitative estimate of drug-likeness (QED) is 0.875. The molecule has 2 rings (SSSR count). The number of rotatable bonds is 5. The van der Waals surface area contributed by atoms with E-state index >= 15 is 0 Å². The highest BCUT2D eigenvalue weighted by atomic mass is 32.2. The van der Waals surface area contributed by atoms with Gasteiger partial charge in [0.1, 0.15) is 0 Å². The van der Waals surface area contributed by atoms with Gasteiger partial charge in [0, 0.05) is 13.1 Å². The first-order chi connectivity index (χ1) is 9.53. The van der Waals surface area contributed by atoms with Gasteiger partial charge >= 0.3 is 0 Å². The summed E-state index contributed by atoms with van der Waals surface area (Å²) >= 11 is 0. The molecular weight excluding hydrogens is 272 g/mol. The highest BCUT2D eigenvalue weighted by Crippen LogP contribution is 2.29. The molecule has 0 spiro atoms. The van der Waals surface area contributed by atoms with Gasteiger partial charge in [-0.3, -0.25) is 0 Å². The number of benzene rings is 1. The van der Waals surface area contributed by atoms with E-state index in [1.807, 2.05) is 6.07 Å². The van der Waals surface area contributed by atoms with Crippen molar-refractivity contribution in [1.29, 1.82) is 0 Å². The van der Waals surface area contributed by atoms with Gasteiger partial charge in [0.05, 0.1) is 4.90 Å². The fourth-order valence-electron chi connectivity index (χ4n) is 2.84. The van der Waals surface area contributed by atoms with Gasteiger partial charge in [0.25, 0.3) is 0 Å². The van der Waals surface area contributed by atoms with Crippen LogP contribution in [0.5, 0.6) is 0 Å². The Morgan fingerprint density at radius 3 is 2.75 bits per heavy atom. The molecule has 0 bridgehead atoms. The SMILES string of the molecule is CC1CCCCC1CNS(=O)(=O)c1cccc(CN)c1. The molecule has 112 valence electrons. The first-order valence-electron chi connectivity index (χ1n) is 7.31. The first-order valence-corrected chi connectivity index (χ1v) is 8.80. The van der Waals surface area contributed by atoms with E-state index in [0.29, 0.717) is 29.8 Å². The molecule has 5 heteroatoms. The van der Waals surface area contributed by atoms with Crippen LogP contribution in [0.25, 0.3) is 0 Å². The molecule has 4 nitrogen and oxygen atoms in total. The molecule has 0 saturated heterocycles. The first kappa shape index (κ1) is 15.5. The molecule has 1 aliphatic rings. The third-order valence-corrected chi connectivity index (χ3v) is 5.69. The second-order valence-corrected chi connectivity index (χ2v) is 7.49. The lowest BCUT2D eigenvalue weighted by atomic mass is 9.81. The van der Waals surface area contributed by atoms with Crippen molar-refractivity contribution in [2.24, 2.45) is 17.6 Å². The summed E-state index contributed by atoms with van der Waals surface area (Å²) in [7, 11) is -3.42. The van der Waals surface area contributed by atoms with Crippen molar-refractivity contribution in [3.63, 3.8) is 0 Å². The van der Waals surface area contributed by atoms with Crippen molar-refractivity contribution >= 4 is 10.0 Å². The van der Waals surface area contributed by atoms with Crippen LogP contribution in [0.1, 0.15) is 38.2 Å². The molecule has 1 aromatic carbocycles. The Morgan fingerprint density at radius 2 is 2.05 bits per heavy atom. The standard InChI is InChI=1S/C15H24N2O2S/c1-12-5-2-3-7-14(12)11-17-20(18,19)15-8-4-6-13(9-15)10-16/h4,6,8-9,12,14,17H,2-3,5,7,10-11,16H2,1H3. The summed E-state index contributed by atoms with van der Waals surface area (Å²) in [5, 5.41) is 0. The minimum Gasteiger partial charge on any atom is -0.326 e. The molecular formula is C15H24N2O2S. The fourth-order valence-corrected chi connectivity index (χ4v) is 4.00. The van der Waals surface area contributed by atoms with Gasteiger partial charge in [-0.25, -0.2) is 13.1 Å². The van der Waals surface area contributed by atoms with E-state index in [0.717, 1.165) is 12.0 Å². The van der Waals surface area contributed by atoms with Crippen molar-refractivity contribution in [1.82, 2.24) is 4.72 Å². The van der Waals surface area contributed by atoms with Crippen molar-refractivity contribution < 1.29 is 8.42 Å². The van der Waals surface area contributed by atoms with Crippen LogP contribution in [-0.4, -0.2) is 15.0 Å². The van der Waals surface area contributed by atoms with E-state index in [1.165, 1.54) is 19.3 Å². The molecule has 0 heterocycles. The Kier molecular flexibility index (Phi) is 5.18. The molecule has 0 aliphatic heterocycles. The maximum absolute atomic E-state index is 12.3. The Hall–Kier alpha value is -0.910. The minimum absolute atomic E-state index is 0.309. The van der Waals surface area contributed by atoms with Crippen LogP contribution < -0.4 is 10.5 Å². The van der Waals surface area contributed by atoms with Crippen molar-refractivity contribution in [2.45, 2.75) is 44.0 Å². The van der Waals surface area contributed by atoms with Crippen LogP contribution in [0, 0.1) is 11.8 Å². The molecule has 0 amide bonds. The van der Waals surface area contributed by atoms with Crippen LogP contribution in [-0.2, 0) is 16.6 Å². The third-order valence-electron chi connectivity index (χ3n) is 4.27. The van der Waals surface area contributed by atoms with E-state index in [-0.39, 0.29) is 0 Å². The maximum atomic E-state index is 12.3. The Morgan fingerprint density at radius 1 is 1.30 bits per heavy atom. The predicted molar refractivity (Wildman–Crippen MR) is 80.6 cm³/mol. The Bertz CT molecular complexity index is 543. The summed E-state index contributed by atoms with van der Waals surface area (Å²) < 4.78 is 27.4. The van der Waals surface area contributed by atoms with Crippen LogP contribution in [0.2, 0.25) is 0 Å². The lowest BCUT2D eigenvalue weighted by molar-refractivity contribution is 0.257. The zero-order valence-corrected chi connectivity index (χ0v) is 12.8. The van der Waals surface area contributed by atoms with Gasteiger partial charge in [-0.2, -0.15) is 0 Å².